The number of halogens is 2. The molecule has 0 aliphatic rings. The molecule has 0 fully saturated rings. The number of hydrogen-bond donors (Lipinski definition) is 1. The fourth-order valence-corrected chi connectivity index (χ4v) is 3.14. The van der Waals surface area contributed by atoms with Crippen molar-refractivity contribution >= 4 is 15.8 Å². The molecule has 0 spiro atoms. The highest BCUT2D eigenvalue weighted by Crippen LogP contribution is 2.26. The van der Waals surface area contributed by atoms with Gasteiger partial charge in [-0.2, -0.15) is 13.9 Å². The minimum absolute atomic E-state index is 0.0728. The Morgan fingerprint density at radius 2 is 2.09 bits per heavy atom. The van der Waals surface area contributed by atoms with Crippen LogP contribution in [0.3, 0.4) is 0 Å². The lowest BCUT2D eigenvalue weighted by atomic mass is 10.3. The molecule has 0 atom stereocenters. The minimum Gasteiger partial charge on any atom is -0.476 e. The molecule has 120 valence electrons. The quantitative estimate of drug-likeness (QED) is 0.879. The molecule has 0 saturated carbocycles. The molecule has 2 aromatic rings. The van der Waals surface area contributed by atoms with E-state index in [9.17, 15) is 22.0 Å². The van der Waals surface area contributed by atoms with Crippen molar-refractivity contribution < 1.29 is 27.1 Å². The first-order valence-corrected chi connectivity index (χ1v) is 7.69. The molecular formula is C11H12F2N4O4S. The molecule has 2 rings (SSSR count). The van der Waals surface area contributed by atoms with E-state index in [1.165, 1.54) is 14.0 Å². The van der Waals surface area contributed by atoms with Gasteiger partial charge in [0.05, 0.1) is 17.5 Å². The first-order valence-electron chi connectivity index (χ1n) is 6.04. The molecular weight excluding hydrogens is 322 g/mol. The maximum Gasteiger partial charge on any atom is 0.357 e. The van der Waals surface area contributed by atoms with Gasteiger partial charge in [-0.15, -0.1) is 0 Å². The third-order valence-electron chi connectivity index (χ3n) is 2.98. The van der Waals surface area contributed by atoms with E-state index in [2.05, 4.69) is 10.1 Å². The maximum absolute atomic E-state index is 12.5. The Morgan fingerprint density at radius 1 is 1.45 bits per heavy atom. The fourth-order valence-electron chi connectivity index (χ4n) is 1.93. The lowest BCUT2D eigenvalue weighted by molar-refractivity contribution is 0.0566. The number of nitrogens with zero attached hydrogens (tertiary/aromatic N) is 4. The van der Waals surface area contributed by atoms with Crippen LogP contribution in [0.5, 0.6) is 0 Å². The number of carboxylic acids is 1. The molecule has 22 heavy (non-hydrogen) atoms. The zero-order valence-corrected chi connectivity index (χ0v) is 12.4. The van der Waals surface area contributed by atoms with Gasteiger partial charge in [0, 0.05) is 13.2 Å². The van der Waals surface area contributed by atoms with Crippen LogP contribution in [0, 0.1) is 0 Å². The Kier molecular flexibility index (Phi) is 4.00. The molecule has 0 saturated heterocycles. The number of sulfone groups is 1. The predicted molar refractivity (Wildman–Crippen MR) is 70.4 cm³/mol. The zero-order valence-electron chi connectivity index (χ0n) is 11.6. The van der Waals surface area contributed by atoms with Crippen molar-refractivity contribution in [1.82, 2.24) is 19.3 Å². The lowest BCUT2D eigenvalue weighted by Gasteiger charge is -2.05. The van der Waals surface area contributed by atoms with Crippen molar-refractivity contribution in [2.24, 2.45) is 7.05 Å². The summed E-state index contributed by atoms with van der Waals surface area (Å²) in [6.07, 6.45) is 2.02. The number of alkyl halides is 2. The Morgan fingerprint density at radius 3 is 2.55 bits per heavy atom. The number of aromatic nitrogens is 4. The Bertz CT molecular complexity index is 825. The molecule has 0 aliphatic carbocycles. The third kappa shape index (κ3) is 2.58. The number of carboxylic acid groups (broad SMARTS) is 1. The number of rotatable bonds is 5. The van der Waals surface area contributed by atoms with Gasteiger partial charge in [-0.1, -0.05) is 6.92 Å². The summed E-state index contributed by atoms with van der Waals surface area (Å²) in [5.74, 6) is -1.91. The van der Waals surface area contributed by atoms with Crippen molar-refractivity contribution in [3.8, 4) is 11.4 Å². The largest absolute Gasteiger partial charge is 0.476 e. The molecule has 0 aliphatic heterocycles. The van der Waals surface area contributed by atoms with Crippen molar-refractivity contribution in [2.45, 2.75) is 18.5 Å². The molecule has 0 unspecified atom stereocenters. The predicted octanol–water partition coefficient (Wildman–Crippen LogP) is 1.17. The second-order valence-corrected chi connectivity index (χ2v) is 6.54. The van der Waals surface area contributed by atoms with Crippen molar-refractivity contribution in [3.05, 3.63) is 18.1 Å². The van der Waals surface area contributed by atoms with Crippen molar-refractivity contribution in [1.29, 1.82) is 0 Å². The lowest BCUT2D eigenvalue weighted by Crippen LogP contribution is -2.14. The van der Waals surface area contributed by atoms with Gasteiger partial charge in [-0.3, -0.25) is 0 Å². The highest BCUT2D eigenvalue weighted by atomic mass is 32.2. The highest BCUT2D eigenvalue weighted by molar-refractivity contribution is 7.91. The number of imidazole rings is 1. The topological polar surface area (TPSA) is 107 Å². The van der Waals surface area contributed by atoms with Crippen LogP contribution in [-0.4, -0.2) is 44.6 Å². The first-order chi connectivity index (χ1) is 10.2. The average Bonchev–Trinajstić information content (AvgIpc) is 3.03. The van der Waals surface area contributed by atoms with Gasteiger partial charge in [-0.25, -0.2) is 22.9 Å². The molecule has 0 aromatic carbocycles. The van der Waals surface area contributed by atoms with Crippen LogP contribution in [0.2, 0.25) is 0 Å². The second-order valence-electron chi connectivity index (χ2n) is 4.34. The van der Waals surface area contributed by atoms with E-state index in [0.29, 0.717) is 4.68 Å². The smallest absolute Gasteiger partial charge is 0.357 e. The standard InChI is InChI=1S/C11H12F2N4O4S/c1-3-22(20,21)9-7(10(18)19)15-8(16(9)2)6-4-14-17(5-6)11(12)13/h4-5,11H,3H2,1-2H3,(H,18,19). The molecule has 0 radical (unpaired) electrons. The summed E-state index contributed by atoms with van der Waals surface area (Å²) in [6, 6.07) is 0. The molecule has 0 bridgehead atoms. The summed E-state index contributed by atoms with van der Waals surface area (Å²) >= 11 is 0. The Hall–Kier alpha value is -2.30. The summed E-state index contributed by atoms with van der Waals surface area (Å²) in [7, 11) is -2.55. The van der Waals surface area contributed by atoms with Gasteiger partial charge in [0.2, 0.25) is 0 Å². The molecule has 8 nitrogen and oxygen atoms in total. The second kappa shape index (κ2) is 5.48. The van der Waals surface area contributed by atoms with E-state index < -0.39 is 33.1 Å². The molecule has 1 N–H and O–H groups in total. The van der Waals surface area contributed by atoms with E-state index in [0.717, 1.165) is 17.0 Å². The van der Waals surface area contributed by atoms with E-state index in [1.807, 2.05) is 0 Å². The minimum atomic E-state index is -3.86. The molecule has 2 heterocycles. The van der Waals surface area contributed by atoms with Crippen molar-refractivity contribution in [3.63, 3.8) is 0 Å². The van der Waals surface area contributed by atoms with Gasteiger partial charge in [0.15, 0.2) is 20.6 Å². The summed E-state index contributed by atoms with van der Waals surface area (Å²) in [5.41, 5.74) is -0.563. The summed E-state index contributed by atoms with van der Waals surface area (Å²) in [4.78, 5) is 15.0. The van der Waals surface area contributed by atoms with Crippen LogP contribution in [0.1, 0.15) is 24.0 Å². The summed E-state index contributed by atoms with van der Waals surface area (Å²) < 4.78 is 50.6. The van der Waals surface area contributed by atoms with Crippen LogP contribution in [0.15, 0.2) is 17.4 Å². The van der Waals surface area contributed by atoms with Crippen LogP contribution in [0.25, 0.3) is 11.4 Å². The van der Waals surface area contributed by atoms with E-state index in [4.69, 9.17) is 5.11 Å². The zero-order chi connectivity index (χ0) is 16.7. The van der Waals surface area contributed by atoms with Crippen molar-refractivity contribution in [2.75, 3.05) is 5.75 Å². The van der Waals surface area contributed by atoms with Gasteiger partial charge in [0.1, 0.15) is 5.82 Å². The summed E-state index contributed by atoms with van der Waals surface area (Å²) in [6.45, 7) is -1.51. The maximum atomic E-state index is 12.5. The van der Waals surface area contributed by atoms with Gasteiger partial charge < -0.3 is 9.67 Å². The van der Waals surface area contributed by atoms with Gasteiger partial charge in [-0.05, 0) is 0 Å². The summed E-state index contributed by atoms with van der Waals surface area (Å²) in [5, 5.41) is 12.1. The normalized spacial score (nSPS) is 12.0. The van der Waals surface area contributed by atoms with Crippen LogP contribution in [0.4, 0.5) is 8.78 Å². The Balaban J connectivity index is 2.68. The van der Waals surface area contributed by atoms with Gasteiger partial charge in [0.25, 0.3) is 0 Å². The van der Waals surface area contributed by atoms with E-state index in [-0.39, 0.29) is 17.1 Å². The number of carbonyl (C=O) groups is 1. The van der Waals surface area contributed by atoms with Crippen LogP contribution >= 0.6 is 0 Å². The number of aromatic carboxylic acids is 1. The average molecular weight is 334 g/mol. The van der Waals surface area contributed by atoms with Crippen LogP contribution < -0.4 is 0 Å². The molecule has 2 aromatic heterocycles. The van der Waals surface area contributed by atoms with E-state index >= 15 is 0 Å². The first kappa shape index (κ1) is 16.1. The molecule has 0 amide bonds. The fraction of sp³-hybridized carbons (Fsp3) is 0.364. The monoisotopic (exact) mass is 334 g/mol. The third-order valence-corrected chi connectivity index (χ3v) is 4.80. The highest BCUT2D eigenvalue weighted by Gasteiger charge is 2.30. The van der Waals surface area contributed by atoms with Gasteiger partial charge >= 0.3 is 12.5 Å². The van der Waals surface area contributed by atoms with Crippen LogP contribution in [-0.2, 0) is 16.9 Å². The van der Waals surface area contributed by atoms with E-state index in [1.54, 1.807) is 0 Å². The SMILES string of the molecule is CCS(=O)(=O)c1c(C(=O)O)nc(-c2cnn(C(F)F)c2)n1C. The Labute approximate surface area is 123 Å². The number of hydrogen-bond acceptors (Lipinski definition) is 5. The molecule has 11 heteroatoms.